The first kappa shape index (κ1) is 17.0. The highest BCUT2D eigenvalue weighted by atomic mass is 35.5. The van der Waals surface area contributed by atoms with Gasteiger partial charge >= 0.3 is 0 Å². The average molecular weight is 336 g/mol. The van der Waals surface area contributed by atoms with Gasteiger partial charge in [-0.2, -0.15) is 0 Å². The minimum atomic E-state index is -0.205. The van der Waals surface area contributed by atoms with Crippen molar-refractivity contribution in [2.24, 2.45) is 0 Å². The van der Waals surface area contributed by atoms with E-state index in [1.165, 1.54) is 14.2 Å². The third-order valence-electron chi connectivity index (χ3n) is 3.28. The lowest BCUT2D eigenvalue weighted by atomic mass is 10.1. The Morgan fingerprint density at radius 3 is 2.30 bits per heavy atom. The van der Waals surface area contributed by atoms with Gasteiger partial charge in [0.15, 0.2) is 11.5 Å². The van der Waals surface area contributed by atoms with Gasteiger partial charge in [-0.05, 0) is 18.2 Å². The lowest BCUT2D eigenvalue weighted by Gasteiger charge is -2.15. The molecule has 0 aliphatic heterocycles. The molecule has 0 atom stereocenters. The highest BCUT2D eigenvalue weighted by molar-refractivity contribution is 6.33. The highest BCUT2D eigenvalue weighted by Crippen LogP contribution is 2.40. The van der Waals surface area contributed by atoms with Gasteiger partial charge in [-0.3, -0.25) is 4.79 Å². The Hall–Kier alpha value is -2.40. The second-order valence-electron chi connectivity index (χ2n) is 4.70. The summed E-state index contributed by atoms with van der Waals surface area (Å²) in [5.74, 6) is 1.27. The molecule has 122 valence electrons. The molecule has 0 spiro atoms. The number of ether oxygens (including phenoxy) is 3. The predicted molar refractivity (Wildman–Crippen MR) is 89.9 cm³/mol. The van der Waals surface area contributed by atoms with Gasteiger partial charge in [-0.1, -0.05) is 29.8 Å². The maximum absolute atomic E-state index is 12.3. The van der Waals surface area contributed by atoms with Crippen LogP contribution in [0.15, 0.2) is 36.4 Å². The van der Waals surface area contributed by atoms with E-state index < -0.39 is 0 Å². The van der Waals surface area contributed by atoms with E-state index in [1.54, 1.807) is 43.5 Å². The van der Waals surface area contributed by atoms with Crippen molar-refractivity contribution >= 4 is 23.2 Å². The summed E-state index contributed by atoms with van der Waals surface area (Å²) in [6, 6.07) is 10.6. The Labute approximate surface area is 140 Å². The molecule has 0 radical (unpaired) electrons. The van der Waals surface area contributed by atoms with E-state index in [-0.39, 0.29) is 12.3 Å². The molecule has 0 aliphatic carbocycles. The van der Waals surface area contributed by atoms with Crippen molar-refractivity contribution < 1.29 is 19.0 Å². The summed E-state index contributed by atoms with van der Waals surface area (Å²) in [6.07, 6.45) is 0.120. The van der Waals surface area contributed by atoms with Crippen molar-refractivity contribution in [1.82, 2.24) is 0 Å². The Morgan fingerprint density at radius 2 is 1.70 bits per heavy atom. The molecule has 0 saturated heterocycles. The van der Waals surface area contributed by atoms with E-state index in [2.05, 4.69) is 5.32 Å². The average Bonchev–Trinajstić information content (AvgIpc) is 2.56. The molecular formula is C17H18ClNO4. The summed E-state index contributed by atoms with van der Waals surface area (Å²) >= 11 is 6.04. The number of amides is 1. The molecule has 6 heteroatoms. The molecule has 2 aromatic rings. The number of benzene rings is 2. The molecular weight excluding hydrogens is 318 g/mol. The molecule has 5 nitrogen and oxygen atoms in total. The topological polar surface area (TPSA) is 56.8 Å². The van der Waals surface area contributed by atoms with E-state index >= 15 is 0 Å². The summed E-state index contributed by atoms with van der Waals surface area (Å²) in [5, 5.41) is 3.26. The third-order valence-corrected chi connectivity index (χ3v) is 3.61. The first-order chi connectivity index (χ1) is 11.1. The van der Waals surface area contributed by atoms with E-state index in [0.717, 1.165) is 0 Å². The quantitative estimate of drug-likeness (QED) is 0.877. The molecule has 0 aromatic heterocycles. The van der Waals surface area contributed by atoms with Crippen LogP contribution < -0.4 is 19.5 Å². The van der Waals surface area contributed by atoms with Crippen LogP contribution in [0, 0.1) is 0 Å². The van der Waals surface area contributed by atoms with Crippen molar-refractivity contribution in [2.75, 3.05) is 26.6 Å². The van der Waals surface area contributed by atoms with E-state index in [9.17, 15) is 4.79 Å². The second kappa shape index (κ2) is 7.74. The molecule has 0 bridgehead atoms. The Balaban J connectivity index is 2.22. The van der Waals surface area contributed by atoms with Gasteiger partial charge in [0.1, 0.15) is 0 Å². The second-order valence-corrected chi connectivity index (χ2v) is 5.11. The molecule has 1 N–H and O–H groups in total. The molecule has 0 fully saturated rings. The Morgan fingerprint density at radius 1 is 1.00 bits per heavy atom. The van der Waals surface area contributed by atoms with Crippen molar-refractivity contribution in [3.8, 4) is 17.2 Å². The minimum Gasteiger partial charge on any atom is -0.493 e. The fraction of sp³-hybridized carbons (Fsp3) is 0.235. The zero-order valence-electron chi connectivity index (χ0n) is 13.2. The Bertz CT molecular complexity index is 703. The van der Waals surface area contributed by atoms with Crippen molar-refractivity contribution in [3.63, 3.8) is 0 Å². The van der Waals surface area contributed by atoms with Gasteiger partial charge in [0.25, 0.3) is 0 Å². The van der Waals surface area contributed by atoms with E-state index in [1.807, 2.05) is 0 Å². The highest BCUT2D eigenvalue weighted by Gasteiger charge is 2.18. The SMILES string of the molecule is COc1ccc(CC(=O)Nc2ccccc2Cl)c(OC)c1OC. The lowest BCUT2D eigenvalue weighted by Crippen LogP contribution is -2.15. The minimum absolute atomic E-state index is 0.120. The van der Waals surface area contributed by atoms with Crippen LogP contribution in [0.2, 0.25) is 5.02 Å². The number of rotatable bonds is 6. The molecule has 2 rings (SSSR count). The largest absolute Gasteiger partial charge is 0.493 e. The Kier molecular flexibility index (Phi) is 5.71. The number of nitrogens with one attached hydrogen (secondary N) is 1. The van der Waals surface area contributed by atoms with Crippen LogP contribution in [0.25, 0.3) is 0 Å². The summed E-state index contributed by atoms with van der Waals surface area (Å²) < 4.78 is 15.9. The number of anilines is 1. The van der Waals surface area contributed by atoms with Crippen LogP contribution in [0.3, 0.4) is 0 Å². The van der Waals surface area contributed by atoms with Gasteiger partial charge in [-0.15, -0.1) is 0 Å². The standard InChI is InChI=1S/C17H18ClNO4/c1-21-14-9-8-11(16(22-2)17(14)23-3)10-15(20)19-13-7-5-4-6-12(13)18/h4-9H,10H2,1-3H3,(H,19,20). The number of carbonyl (C=O) groups is 1. The van der Waals surface area contributed by atoms with E-state index in [0.29, 0.717) is 33.5 Å². The number of carbonyl (C=O) groups excluding carboxylic acids is 1. The number of hydrogen-bond acceptors (Lipinski definition) is 4. The predicted octanol–water partition coefficient (Wildman–Crippen LogP) is 3.55. The maximum atomic E-state index is 12.3. The fourth-order valence-corrected chi connectivity index (χ4v) is 2.42. The molecule has 1 amide bonds. The lowest BCUT2D eigenvalue weighted by molar-refractivity contribution is -0.115. The summed E-state index contributed by atoms with van der Waals surface area (Å²) in [6.45, 7) is 0. The van der Waals surface area contributed by atoms with Gasteiger partial charge in [0.2, 0.25) is 11.7 Å². The summed E-state index contributed by atoms with van der Waals surface area (Å²) in [7, 11) is 4.59. The normalized spacial score (nSPS) is 10.1. The third kappa shape index (κ3) is 3.87. The fourth-order valence-electron chi connectivity index (χ4n) is 2.23. The van der Waals surface area contributed by atoms with Crippen LogP contribution in [0.5, 0.6) is 17.2 Å². The van der Waals surface area contributed by atoms with Crippen LogP contribution in [-0.4, -0.2) is 27.2 Å². The number of para-hydroxylation sites is 1. The first-order valence-corrected chi connectivity index (χ1v) is 7.30. The summed E-state index contributed by atoms with van der Waals surface area (Å²) in [5.41, 5.74) is 1.26. The summed E-state index contributed by atoms with van der Waals surface area (Å²) in [4.78, 5) is 12.3. The molecule has 0 unspecified atom stereocenters. The van der Waals surface area contributed by atoms with Crippen LogP contribution in [-0.2, 0) is 11.2 Å². The number of methoxy groups -OCH3 is 3. The molecule has 0 heterocycles. The molecule has 0 aliphatic rings. The van der Waals surface area contributed by atoms with Crippen LogP contribution in [0.4, 0.5) is 5.69 Å². The van der Waals surface area contributed by atoms with Crippen molar-refractivity contribution in [2.45, 2.75) is 6.42 Å². The van der Waals surface area contributed by atoms with Crippen molar-refractivity contribution in [1.29, 1.82) is 0 Å². The van der Waals surface area contributed by atoms with Crippen LogP contribution in [0.1, 0.15) is 5.56 Å². The van der Waals surface area contributed by atoms with Gasteiger partial charge < -0.3 is 19.5 Å². The monoisotopic (exact) mass is 335 g/mol. The first-order valence-electron chi connectivity index (χ1n) is 6.93. The van der Waals surface area contributed by atoms with Gasteiger partial charge in [0, 0.05) is 5.56 Å². The van der Waals surface area contributed by atoms with E-state index in [4.69, 9.17) is 25.8 Å². The van der Waals surface area contributed by atoms with Gasteiger partial charge in [0.05, 0.1) is 38.5 Å². The zero-order valence-corrected chi connectivity index (χ0v) is 13.9. The van der Waals surface area contributed by atoms with Gasteiger partial charge in [-0.25, -0.2) is 0 Å². The molecule has 23 heavy (non-hydrogen) atoms. The maximum Gasteiger partial charge on any atom is 0.228 e. The zero-order chi connectivity index (χ0) is 16.8. The molecule has 2 aromatic carbocycles. The number of hydrogen-bond donors (Lipinski definition) is 1. The van der Waals surface area contributed by atoms with Crippen molar-refractivity contribution in [3.05, 3.63) is 47.0 Å². The van der Waals surface area contributed by atoms with Crippen LogP contribution >= 0.6 is 11.6 Å². The number of halogens is 1. The molecule has 0 saturated carbocycles. The smallest absolute Gasteiger partial charge is 0.228 e.